The summed E-state index contributed by atoms with van der Waals surface area (Å²) in [5.74, 6) is 0.770. The van der Waals surface area contributed by atoms with Gasteiger partial charge >= 0.3 is 6.09 Å². The van der Waals surface area contributed by atoms with Crippen LogP contribution in [0.4, 0.5) is 4.79 Å². The van der Waals surface area contributed by atoms with Crippen LogP contribution < -0.4 is 0 Å². The van der Waals surface area contributed by atoms with Crippen molar-refractivity contribution >= 4 is 6.09 Å². The predicted molar refractivity (Wildman–Crippen MR) is 89.4 cm³/mol. The highest BCUT2D eigenvalue weighted by Crippen LogP contribution is 2.46. The molecule has 0 spiro atoms. The van der Waals surface area contributed by atoms with Gasteiger partial charge in [-0.2, -0.15) is 4.98 Å². The minimum absolute atomic E-state index is 0.202. The molecule has 1 unspecified atom stereocenters. The van der Waals surface area contributed by atoms with Gasteiger partial charge in [-0.1, -0.05) is 19.0 Å². The van der Waals surface area contributed by atoms with E-state index in [4.69, 9.17) is 9.26 Å². The molecule has 2 aromatic rings. The summed E-state index contributed by atoms with van der Waals surface area (Å²) < 4.78 is 11.0. The summed E-state index contributed by atoms with van der Waals surface area (Å²) in [4.78, 5) is 26.7. The van der Waals surface area contributed by atoms with Gasteiger partial charge in [0.1, 0.15) is 23.7 Å². The Balaban J connectivity index is 1.90. The third-order valence-corrected chi connectivity index (χ3v) is 4.16. The summed E-state index contributed by atoms with van der Waals surface area (Å²) in [6.45, 7) is 10.3. The quantitative estimate of drug-likeness (QED) is 0.824. The van der Waals surface area contributed by atoms with Crippen molar-refractivity contribution < 1.29 is 14.1 Å². The van der Waals surface area contributed by atoms with Crippen LogP contribution in [-0.2, 0) is 4.74 Å². The zero-order chi connectivity index (χ0) is 18.2. The number of carbonyl (C=O) groups excluding carboxylic acids is 1. The van der Waals surface area contributed by atoms with Crippen LogP contribution in [0.3, 0.4) is 0 Å². The van der Waals surface area contributed by atoms with Crippen molar-refractivity contribution in [3.8, 4) is 11.5 Å². The number of carbonyl (C=O) groups is 1. The molecule has 25 heavy (non-hydrogen) atoms. The molecule has 0 saturated carbocycles. The van der Waals surface area contributed by atoms with Crippen molar-refractivity contribution in [3.63, 3.8) is 0 Å². The SMILES string of the molecule is CC(C)(C)OC(=O)N1CCC(C)(C)C1c1nc(-c2ccncn2)no1. The van der Waals surface area contributed by atoms with Crippen molar-refractivity contribution in [2.75, 3.05) is 6.54 Å². The Kier molecular flexibility index (Phi) is 4.22. The molecule has 0 bridgehead atoms. The summed E-state index contributed by atoms with van der Waals surface area (Å²) in [5.41, 5.74) is -0.188. The van der Waals surface area contributed by atoms with Gasteiger partial charge in [-0.15, -0.1) is 0 Å². The molecule has 1 aliphatic rings. The first kappa shape index (κ1) is 17.3. The van der Waals surface area contributed by atoms with Gasteiger partial charge in [0, 0.05) is 12.7 Å². The standard InChI is InChI=1S/C17H23N5O3/c1-16(2,3)24-15(23)22-9-7-17(4,5)12(22)14-20-13(21-25-14)11-6-8-18-10-19-11/h6,8,10,12H,7,9H2,1-5H3. The van der Waals surface area contributed by atoms with E-state index in [9.17, 15) is 4.79 Å². The number of aromatic nitrogens is 4. The number of likely N-dealkylation sites (tertiary alicyclic amines) is 1. The molecule has 8 nitrogen and oxygen atoms in total. The summed E-state index contributed by atoms with van der Waals surface area (Å²) in [5, 5.41) is 4.01. The second-order valence-corrected chi connectivity index (χ2v) is 7.87. The summed E-state index contributed by atoms with van der Waals surface area (Å²) in [7, 11) is 0. The van der Waals surface area contributed by atoms with Crippen molar-refractivity contribution in [1.29, 1.82) is 0 Å². The van der Waals surface area contributed by atoms with E-state index in [-0.39, 0.29) is 17.6 Å². The van der Waals surface area contributed by atoms with E-state index in [1.165, 1.54) is 6.33 Å². The maximum absolute atomic E-state index is 12.6. The van der Waals surface area contributed by atoms with E-state index >= 15 is 0 Å². The first-order valence-electron chi connectivity index (χ1n) is 8.27. The van der Waals surface area contributed by atoms with Crippen LogP contribution in [0, 0.1) is 5.41 Å². The number of hydrogen-bond acceptors (Lipinski definition) is 7. The third kappa shape index (κ3) is 3.62. The Morgan fingerprint density at radius 2 is 2.16 bits per heavy atom. The molecular formula is C17H23N5O3. The predicted octanol–water partition coefficient (Wildman–Crippen LogP) is 3.23. The van der Waals surface area contributed by atoms with Crippen LogP contribution in [0.1, 0.15) is 53.0 Å². The molecule has 0 N–H and O–H groups in total. The molecule has 1 amide bonds. The van der Waals surface area contributed by atoms with Gasteiger partial charge in [0.15, 0.2) is 0 Å². The maximum atomic E-state index is 12.6. The molecule has 1 saturated heterocycles. The van der Waals surface area contributed by atoms with E-state index < -0.39 is 5.60 Å². The number of rotatable bonds is 2. The van der Waals surface area contributed by atoms with Crippen molar-refractivity contribution in [2.45, 2.75) is 52.7 Å². The summed E-state index contributed by atoms with van der Waals surface area (Å²) in [6.07, 6.45) is 3.50. The van der Waals surface area contributed by atoms with Crippen LogP contribution in [0.5, 0.6) is 0 Å². The molecule has 0 radical (unpaired) electrons. The second-order valence-electron chi connectivity index (χ2n) is 7.87. The lowest BCUT2D eigenvalue weighted by Crippen LogP contribution is -2.38. The fourth-order valence-corrected chi connectivity index (χ4v) is 2.95. The molecule has 1 aliphatic heterocycles. The van der Waals surface area contributed by atoms with Gasteiger partial charge in [0.25, 0.3) is 5.89 Å². The number of hydrogen-bond donors (Lipinski definition) is 0. The molecule has 3 rings (SSSR count). The first-order chi connectivity index (χ1) is 11.7. The Bertz CT molecular complexity index is 751. The molecule has 2 aromatic heterocycles. The van der Waals surface area contributed by atoms with Gasteiger partial charge in [0.2, 0.25) is 5.82 Å². The van der Waals surface area contributed by atoms with Crippen LogP contribution >= 0.6 is 0 Å². The van der Waals surface area contributed by atoms with Crippen LogP contribution in [0.15, 0.2) is 23.1 Å². The van der Waals surface area contributed by atoms with Crippen molar-refractivity contribution in [1.82, 2.24) is 25.0 Å². The van der Waals surface area contributed by atoms with Gasteiger partial charge in [-0.05, 0) is 38.7 Å². The van der Waals surface area contributed by atoms with Crippen molar-refractivity contribution in [2.24, 2.45) is 5.41 Å². The number of amides is 1. The van der Waals surface area contributed by atoms with E-state index in [0.29, 0.717) is 24.0 Å². The molecule has 0 aliphatic carbocycles. The van der Waals surface area contributed by atoms with Crippen molar-refractivity contribution in [3.05, 3.63) is 24.5 Å². The third-order valence-electron chi connectivity index (χ3n) is 4.16. The van der Waals surface area contributed by atoms with Gasteiger partial charge in [-0.3, -0.25) is 4.90 Å². The molecule has 1 fully saturated rings. The average molecular weight is 345 g/mol. The lowest BCUT2D eigenvalue weighted by Gasteiger charge is -2.31. The summed E-state index contributed by atoms with van der Waals surface area (Å²) in [6, 6.07) is 1.37. The van der Waals surface area contributed by atoms with Crippen LogP contribution in [0.25, 0.3) is 11.5 Å². The molecule has 8 heteroatoms. The van der Waals surface area contributed by atoms with E-state index in [0.717, 1.165) is 6.42 Å². The highest BCUT2D eigenvalue weighted by atomic mass is 16.6. The smallest absolute Gasteiger partial charge is 0.410 e. The van der Waals surface area contributed by atoms with Gasteiger partial charge in [0.05, 0.1) is 0 Å². The number of ether oxygens (including phenoxy) is 1. The highest BCUT2D eigenvalue weighted by molar-refractivity contribution is 5.69. The van der Waals surface area contributed by atoms with E-state index in [1.54, 1.807) is 17.2 Å². The fourth-order valence-electron chi connectivity index (χ4n) is 2.95. The Hall–Kier alpha value is -2.51. The van der Waals surface area contributed by atoms with Crippen LogP contribution in [-0.4, -0.2) is 43.2 Å². The molecule has 134 valence electrons. The van der Waals surface area contributed by atoms with Crippen LogP contribution in [0.2, 0.25) is 0 Å². The Morgan fingerprint density at radius 3 is 2.80 bits per heavy atom. The zero-order valence-corrected chi connectivity index (χ0v) is 15.2. The highest BCUT2D eigenvalue weighted by Gasteiger charge is 2.48. The maximum Gasteiger partial charge on any atom is 0.410 e. The Labute approximate surface area is 146 Å². The first-order valence-corrected chi connectivity index (χ1v) is 8.27. The fraction of sp³-hybridized carbons (Fsp3) is 0.588. The van der Waals surface area contributed by atoms with Gasteiger partial charge < -0.3 is 9.26 Å². The normalized spacial score (nSPS) is 19.9. The minimum atomic E-state index is -0.560. The summed E-state index contributed by atoms with van der Waals surface area (Å²) >= 11 is 0. The lowest BCUT2D eigenvalue weighted by atomic mass is 9.84. The second kappa shape index (κ2) is 6.09. The average Bonchev–Trinajstić information content (AvgIpc) is 3.10. The van der Waals surface area contributed by atoms with E-state index in [2.05, 4.69) is 34.0 Å². The minimum Gasteiger partial charge on any atom is -0.444 e. The zero-order valence-electron chi connectivity index (χ0n) is 15.2. The molecule has 1 atom stereocenters. The van der Waals surface area contributed by atoms with E-state index in [1.807, 2.05) is 20.8 Å². The largest absolute Gasteiger partial charge is 0.444 e. The topological polar surface area (TPSA) is 94.2 Å². The monoisotopic (exact) mass is 345 g/mol. The molecule has 0 aromatic carbocycles. The molecular weight excluding hydrogens is 322 g/mol. The number of nitrogens with zero attached hydrogens (tertiary/aromatic N) is 5. The molecule has 3 heterocycles. The van der Waals surface area contributed by atoms with Gasteiger partial charge in [-0.25, -0.2) is 14.8 Å². The Morgan fingerprint density at radius 1 is 1.40 bits per heavy atom. The lowest BCUT2D eigenvalue weighted by molar-refractivity contribution is 0.0136.